The van der Waals surface area contributed by atoms with Gasteiger partial charge in [-0.05, 0) is 31.2 Å². The number of aryl methyl sites for hydroxylation is 1. The van der Waals surface area contributed by atoms with E-state index in [-0.39, 0.29) is 17.9 Å². The van der Waals surface area contributed by atoms with Crippen LogP contribution < -0.4 is 5.56 Å². The van der Waals surface area contributed by atoms with Crippen LogP contribution >= 0.6 is 11.6 Å². The van der Waals surface area contributed by atoms with Crippen LogP contribution in [0.1, 0.15) is 21.9 Å². The lowest BCUT2D eigenvalue weighted by Crippen LogP contribution is -2.21. The monoisotopic (exact) mass is 332 g/mol. The van der Waals surface area contributed by atoms with Gasteiger partial charge in [0.15, 0.2) is 0 Å². The van der Waals surface area contributed by atoms with Crippen molar-refractivity contribution in [1.29, 1.82) is 0 Å². The van der Waals surface area contributed by atoms with E-state index in [4.69, 9.17) is 16.0 Å². The van der Waals surface area contributed by atoms with Gasteiger partial charge in [-0.2, -0.15) is 0 Å². The van der Waals surface area contributed by atoms with Crippen LogP contribution in [0, 0.1) is 6.92 Å². The van der Waals surface area contributed by atoms with Gasteiger partial charge in [-0.15, -0.1) is 0 Å². The molecule has 0 aliphatic rings. The zero-order valence-corrected chi connectivity index (χ0v) is 13.3. The van der Waals surface area contributed by atoms with Crippen LogP contribution in [0.3, 0.4) is 0 Å². The maximum Gasteiger partial charge on any atom is 0.373 e. The Morgan fingerprint density at radius 2 is 2.17 bits per heavy atom. The molecular formula is C16H13ClN2O4. The minimum absolute atomic E-state index is 0.102. The minimum Gasteiger partial charge on any atom is -0.463 e. The van der Waals surface area contributed by atoms with Crippen molar-refractivity contribution in [3.05, 3.63) is 63.1 Å². The molecule has 23 heavy (non-hydrogen) atoms. The van der Waals surface area contributed by atoms with E-state index in [1.807, 2.05) is 0 Å². The summed E-state index contributed by atoms with van der Waals surface area (Å²) in [6, 6.07) is 6.53. The number of hydrogen-bond donors (Lipinski definition) is 0. The summed E-state index contributed by atoms with van der Waals surface area (Å²) in [5.74, 6) is 0.0865. The fourth-order valence-electron chi connectivity index (χ4n) is 2.31. The number of nitrogens with zero attached hydrogens (tertiary/aromatic N) is 2. The lowest BCUT2D eigenvalue weighted by Gasteiger charge is -2.06. The first-order chi connectivity index (χ1) is 11.0. The molecule has 2 aromatic heterocycles. The van der Waals surface area contributed by atoms with Gasteiger partial charge >= 0.3 is 5.97 Å². The third kappa shape index (κ3) is 2.85. The number of methoxy groups -OCH3 is 1. The summed E-state index contributed by atoms with van der Waals surface area (Å²) in [6.07, 6.45) is 1.46. The first kappa shape index (κ1) is 15.3. The second kappa shape index (κ2) is 5.89. The number of halogens is 1. The number of benzene rings is 1. The molecule has 6 nitrogen and oxygen atoms in total. The number of rotatable bonds is 3. The third-order valence-corrected chi connectivity index (χ3v) is 3.77. The Kier molecular flexibility index (Phi) is 3.92. The SMILES string of the molecule is COC(=O)c1cc(Cn2cnc3ccc(Cl)cc3c2=O)c(C)o1. The lowest BCUT2D eigenvalue weighted by atomic mass is 10.2. The van der Waals surface area contributed by atoms with Crippen LogP contribution in [0.25, 0.3) is 10.9 Å². The Morgan fingerprint density at radius 1 is 1.39 bits per heavy atom. The normalized spacial score (nSPS) is 10.9. The molecule has 0 atom stereocenters. The van der Waals surface area contributed by atoms with E-state index in [2.05, 4.69) is 9.72 Å². The number of carbonyl (C=O) groups is 1. The van der Waals surface area contributed by atoms with Crippen LogP contribution in [-0.4, -0.2) is 22.6 Å². The fourth-order valence-corrected chi connectivity index (χ4v) is 2.48. The van der Waals surface area contributed by atoms with Gasteiger partial charge in [0.2, 0.25) is 5.76 Å². The van der Waals surface area contributed by atoms with Crippen molar-refractivity contribution in [2.75, 3.05) is 7.11 Å². The van der Waals surface area contributed by atoms with E-state index in [1.54, 1.807) is 31.2 Å². The zero-order chi connectivity index (χ0) is 16.6. The minimum atomic E-state index is -0.560. The summed E-state index contributed by atoms with van der Waals surface area (Å²) in [5.41, 5.74) is 1.07. The number of furan rings is 1. The van der Waals surface area contributed by atoms with Crippen molar-refractivity contribution in [1.82, 2.24) is 9.55 Å². The highest BCUT2D eigenvalue weighted by atomic mass is 35.5. The van der Waals surface area contributed by atoms with Gasteiger partial charge in [-0.1, -0.05) is 11.6 Å². The van der Waals surface area contributed by atoms with Gasteiger partial charge in [0, 0.05) is 10.6 Å². The standard InChI is InChI=1S/C16H13ClN2O4/c1-9-10(5-14(23-9)16(21)22-2)7-19-8-18-13-4-3-11(17)6-12(13)15(19)20/h3-6,8H,7H2,1-2H3. The molecule has 3 rings (SSSR count). The van der Waals surface area contributed by atoms with E-state index >= 15 is 0 Å². The molecule has 0 aliphatic carbocycles. The van der Waals surface area contributed by atoms with Gasteiger partial charge in [-0.25, -0.2) is 9.78 Å². The second-order valence-corrected chi connectivity index (χ2v) is 5.46. The molecule has 2 heterocycles. The van der Waals surface area contributed by atoms with Gasteiger partial charge in [0.25, 0.3) is 5.56 Å². The van der Waals surface area contributed by atoms with E-state index in [0.717, 1.165) is 0 Å². The Labute approximate surface area is 136 Å². The highest BCUT2D eigenvalue weighted by molar-refractivity contribution is 6.31. The summed E-state index contributed by atoms with van der Waals surface area (Å²) < 4.78 is 11.4. The number of esters is 1. The molecule has 3 aromatic rings. The molecule has 0 saturated carbocycles. The average Bonchev–Trinajstić information content (AvgIpc) is 2.91. The van der Waals surface area contributed by atoms with Crippen molar-refractivity contribution in [3.63, 3.8) is 0 Å². The Morgan fingerprint density at radius 3 is 2.91 bits per heavy atom. The first-order valence-corrected chi connectivity index (χ1v) is 7.19. The van der Waals surface area contributed by atoms with Gasteiger partial charge in [0.1, 0.15) is 5.76 Å². The summed E-state index contributed by atoms with van der Waals surface area (Å²) in [7, 11) is 1.28. The van der Waals surface area contributed by atoms with E-state index in [9.17, 15) is 9.59 Å². The molecule has 0 N–H and O–H groups in total. The van der Waals surface area contributed by atoms with E-state index in [0.29, 0.717) is 27.2 Å². The summed E-state index contributed by atoms with van der Waals surface area (Å²) >= 11 is 5.94. The number of carbonyl (C=O) groups excluding carboxylic acids is 1. The molecular weight excluding hydrogens is 320 g/mol. The van der Waals surface area contributed by atoms with Crippen LogP contribution in [0.15, 0.2) is 39.8 Å². The quantitative estimate of drug-likeness (QED) is 0.689. The summed E-state index contributed by atoms with van der Waals surface area (Å²) in [6.45, 7) is 1.96. The predicted molar refractivity (Wildman–Crippen MR) is 84.9 cm³/mol. The Bertz CT molecular complexity index is 958. The predicted octanol–water partition coefficient (Wildman–Crippen LogP) is 2.79. The van der Waals surface area contributed by atoms with Crippen molar-refractivity contribution in [2.24, 2.45) is 0 Å². The molecule has 0 fully saturated rings. The van der Waals surface area contributed by atoms with Gasteiger partial charge in [0.05, 0.1) is 30.9 Å². The molecule has 0 aliphatic heterocycles. The van der Waals surface area contributed by atoms with E-state index in [1.165, 1.54) is 18.0 Å². The third-order valence-electron chi connectivity index (χ3n) is 3.53. The second-order valence-electron chi connectivity index (χ2n) is 5.02. The van der Waals surface area contributed by atoms with Gasteiger partial charge in [-0.3, -0.25) is 9.36 Å². The first-order valence-electron chi connectivity index (χ1n) is 6.82. The number of hydrogen-bond acceptors (Lipinski definition) is 5. The number of ether oxygens (including phenoxy) is 1. The zero-order valence-electron chi connectivity index (χ0n) is 12.5. The highest BCUT2D eigenvalue weighted by Crippen LogP contribution is 2.17. The Balaban J connectivity index is 2.02. The van der Waals surface area contributed by atoms with Crippen molar-refractivity contribution < 1.29 is 13.9 Å². The molecule has 1 aromatic carbocycles. The fraction of sp³-hybridized carbons (Fsp3) is 0.188. The van der Waals surface area contributed by atoms with E-state index < -0.39 is 5.97 Å². The molecule has 7 heteroatoms. The summed E-state index contributed by atoms with van der Waals surface area (Å²) in [4.78, 5) is 28.3. The summed E-state index contributed by atoms with van der Waals surface area (Å²) in [5, 5.41) is 0.913. The smallest absolute Gasteiger partial charge is 0.373 e. The number of fused-ring (bicyclic) bond motifs is 1. The van der Waals surface area contributed by atoms with Crippen molar-refractivity contribution in [3.8, 4) is 0 Å². The van der Waals surface area contributed by atoms with Crippen LogP contribution in [0.4, 0.5) is 0 Å². The number of aromatic nitrogens is 2. The molecule has 0 spiro atoms. The largest absolute Gasteiger partial charge is 0.463 e. The van der Waals surface area contributed by atoms with Crippen LogP contribution in [-0.2, 0) is 11.3 Å². The molecule has 0 radical (unpaired) electrons. The Hall–Kier alpha value is -2.60. The van der Waals surface area contributed by atoms with Gasteiger partial charge < -0.3 is 9.15 Å². The topological polar surface area (TPSA) is 74.3 Å². The maximum atomic E-state index is 12.5. The maximum absolute atomic E-state index is 12.5. The molecule has 0 bridgehead atoms. The van der Waals surface area contributed by atoms with Crippen molar-refractivity contribution in [2.45, 2.75) is 13.5 Å². The average molecular weight is 333 g/mol. The highest BCUT2D eigenvalue weighted by Gasteiger charge is 2.15. The molecule has 118 valence electrons. The lowest BCUT2D eigenvalue weighted by molar-refractivity contribution is 0.0563. The molecule has 0 saturated heterocycles. The van der Waals surface area contributed by atoms with Crippen LogP contribution in [0.2, 0.25) is 5.02 Å². The molecule has 0 amide bonds. The van der Waals surface area contributed by atoms with Crippen molar-refractivity contribution >= 4 is 28.5 Å². The molecule has 0 unspecified atom stereocenters. The van der Waals surface area contributed by atoms with Crippen LogP contribution in [0.5, 0.6) is 0 Å².